The zero-order chi connectivity index (χ0) is 5.98. The van der Waals surface area contributed by atoms with E-state index in [1.165, 1.54) is 0 Å². The second kappa shape index (κ2) is 2.29. The number of aliphatic hydroxyl groups is 1. The van der Waals surface area contributed by atoms with Crippen LogP contribution in [0.3, 0.4) is 0 Å². The van der Waals surface area contributed by atoms with Crippen molar-refractivity contribution in [3.8, 4) is 0 Å². The molecule has 2 atom stereocenters. The predicted octanol–water partition coefficient (Wildman–Crippen LogP) is 0.670. The van der Waals surface area contributed by atoms with Gasteiger partial charge in [-0.05, 0) is 19.4 Å². The molecule has 2 heteroatoms. The molecule has 0 saturated carbocycles. The Hall–Kier alpha value is -0.340. The fourth-order valence-electron chi connectivity index (χ4n) is 0.726. The van der Waals surface area contributed by atoms with Gasteiger partial charge < -0.3 is 9.84 Å². The molecule has 0 saturated heterocycles. The van der Waals surface area contributed by atoms with Gasteiger partial charge in [0.15, 0.2) is 6.29 Å². The predicted molar refractivity (Wildman–Crippen MR) is 30.3 cm³/mol. The van der Waals surface area contributed by atoms with E-state index >= 15 is 0 Å². The number of hydrogen-bond donors (Lipinski definition) is 1. The first kappa shape index (κ1) is 5.79. The van der Waals surface area contributed by atoms with Crippen molar-refractivity contribution in [3.05, 3.63) is 12.2 Å². The molecule has 0 bridgehead atoms. The third-order valence-corrected chi connectivity index (χ3v) is 1.14. The lowest BCUT2D eigenvalue weighted by molar-refractivity contribution is -0.104. The quantitative estimate of drug-likeness (QED) is 0.469. The van der Waals surface area contributed by atoms with E-state index in [1.54, 1.807) is 6.08 Å². The third kappa shape index (κ3) is 1.32. The third-order valence-electron chi connectivity index (χ3n) is 1.14. The highest BCUT2D eigenvalue weighted by Crippen LogP contribution is 2.08. The Bertz CT molecular complexity index is 98.7. The van der Waals surface area contributed by atoms with E-state index in [2.05, 4.69) is 0 Å². The van der Waals surface area contributed by atoms with E-state index < -0.39 is 6.29 Å². The van der Waals surface area contributed by atoms with Crippen molar-refractivity contribution >= 4 is 0 Å². The minimum absolute atomic E-state index is 0.176. The van der Waals surface area contributed by atoms with Gasteiger partial charge in [0.1, 0.15) is 0 Å². The van der Waals surface area contributed by atoms with Crippen LogP contribution in [0.1, 0.15) is 13.3 Å². The average Bonchev–Trinajstić information content (AvgIpc) is 1.64. The molecule has 1 rings (SSSR count). The van der Waals surface area contributed by atoms with Crippen molar-refractivity contribution in [3.63, 3.8) is 0 Å². The molecule has 46 valence electrons. The second-order valence-corrected chi connectivity index (χ2v) is 2.00. The van der Waals surface area contributed by atoms with Gasteiger partial charge in [0.25, 0.3) is 0 Å². The van der Waals surface area contributed by atoms with Crippen LogP contribution >= 0.6 is 0 Å². The Morgan fingerprint density at radius 2 is 2.50 bits per heavy atom. The molecule has 2 nitrogen and oxygen atoms in total. The van der Waals surface area contributed by atoms with E-state index in [4.69, 9.17) is 9.84 Å². The van der Waals surface area contributed by atoms with Crippen molar-refractivity contribution < 1.29 is 9.84 Å². The van der Waals surface area contributed by atoms with Crippen molar-refractivity contribution in [1.29, 1.82) is 0 Å². The van der Waals surface area contributed by atoms with Gasteiger partial charge in [-0.25, -0.2) is 0 Å². The van der Waals surface area contributed by atoms with Gasteiger partial charge in [-0.3, -0.25) is 0 Å². The van der Waals surface area contributed by atoms with Crippen LogP contribution in [0.2, 0.25) is 0 Å². The maximum Gasteiger partial charge on any atom is 0.174 e. The summed E-state index contributed by atoms with van der Waals surface area (Å²) in [6, 6.07) is 0. The van der Waals surface area contributed by atoms with Gasteiger partial charge in [-0.2, -0.15) is 0 Å². The first-order chi connectivity index (χ1) is 3.79. The minimum atomic E-state index is -0.668. The second-order valence-electron chi connectivity index (χ2n) is 2.00. The lowest BCUT2D eigenvalue weighted by Crippen LogP contribution is -2.20. The molecule has 0 aromatic carbocycles. The summed E-state index contributed by atoms with van der Waals surface area (Å²) in [4.78, 5) is 0. The fraction of sp³-hybridized carbons (Fsp3) is 0.667. The molecule has 0 aromatic heterocycles. The fourth-order valence-corrected chi connectivity index (χ4v) is 0.726. The van der Waals surface area contributed by atoms with Gasteiger partial charge in [0.05, 0.1) is 6.10 Å². The van der Waals surface area contributed by atoms with Gasteiger partial charge in [-0.15, -0.1) is 0 Å². The minimum Gasteiger partial charge on any atom is -0.365 e. The normalized spacial score (nSPS) is 37.8. The van der Waals surface area contributed by atoms with E-state index in [0.717, 1.165) is 6.42 Å². The first-order valence-electron chi connectivity index (χ1n) is 2.79. The Labute approximate surface area is 48.8 Å². The molecule has 0 radical (unpaired) electrons. The number of aliphatic hydroxyl groups excluding tert-OH is 1. The monoisotopic (exact) mass is 114 g/mol. The Balaban J connectivity index is 2.42. The molecule has 1 heterocycles. The molecule has 0 spiro atoms. The van der Waals surface area contributed by atoms with Crippen LogP contribution in [-0.4, -0.2) is 17.5 Å². The largest absolute Gasteiger partial charge is 0.365 e. The summed E-state index contributed by atoms with van der Waals surface area (Å²) in [6.07, 6.45) is 4.00. The summed E-state index contributed by atoms with van der Waals surface area (Å²) in [5.74, 6) is 0. The average molecular weight is 114 g/mol. The SMILES string of the molecule is C[C@H]1CC=CC(O)O1. The highest BCUT2D eigenvalue weighted by atomic mass is 16.6. The Morgan fingerprint density at radius 3 is 2.88 bits per heavy atom. The molecule has 1 aliphatic heterocycles. The van der Waals surface area contributed by atoms with Crippen LogP contribution in [-0.2, 0) is 4.74 Å². The highest BCUT2D eigenvalue weighted by Gasteiger charge is 2.09. The van der Waals surface area contributed by atoms with Crippen LogP contribution < -0.4 is 0 Å². The zero-order valence-electron chi connectivity index (χ0n) is 4.87. The van der Waals surface area contributed by atoms with E-state index in [9.17, 15) is 0 Å². The Morgan fingerprint density at radius 1 is 1.75 bits per heavy atom. The molecule has 0 aliphatic carbocycles. The topological polar surface area (TPSA) is 29.5 Å². The number of hydrogen-bond acceptors (Lipinski definition) is 2. The summed E-state index contributed by atoms with van der Waals surface area (Å²) in [7, 11) is 0. The van der Waals surface area contributed by atoms with E-state index in [-0.39, 0.29) is 6.10 Å². The van der Waals surface area contributed by atoms with Gasteiger partial charge in [0, 0.05) is 0 Å². The van der Waals surface area contributed by atoms with Gasteiger partial charge in [-0.1, -0.05) is 6.08 Å². The molecule has 0 fully saturated rings. The van der Waals surface area contributed by atoms with Crippen molar-refractivity contribution in [2.75, 3.05) is 0 Å². The molecule has 0 aromatic rings. The number of rotatable bonds is 0. The molecule has 1 unspecified atom stereocenters. The summed E-state index contributed by atoms with van der Waals surface area (Å²) < 4.78 is 4.95. The molecule has 0 amide bonds. The highest BCUT2D eigenvalue weighted by molar-refractivity contribution is 4.90. The van der Waals surface area contributed by atoms with Crippen LogP contribution in [0.25, 0.3) is 0 Å². The van der Waals surface area contributed by atoms with Crippen molar-refractivity contribution in [2.24, 2.45) is 0 Å². The smallest absolute Gasteiger partial charge is 0.174 e. The maximum absolute atomic E-state index is 8.77. The first-order valence-corrected chi connectivity index (χ1v) is 2.79. The number of ether oxygens (including phenoxy) is 1. The molecular weight excluding hydrogens is 104 g/mol. The molecule has 8 heavy (non-hydrogen) atoms. The van der Waals surface area contributed by atoms with E-state index in [0.29, 0.717) is 0 Å². The Kier molecular flexibility index (Phi) is 1.65. The summed E-state index contributed by atoms with van der Waals surface area (Å²) in [6.45, 7) is 1.94. The molecule has 1 aliphatic rings. The molecular formula is C6H10O2. The van der Waals surface area contributed by atoms with Gasteiger partial charge >= 0.3 is 0 Å². The molecule has 1 N–H and O–H groups in total. The van der Waals surface area contributed by atoms with Crippen LogP contribution in [0.4, 0.5) is 0 Å². The van der Waals surface area contributed by atoms with Crippen molar-refractivity contribution in [2.45, 2.75) is 25.7 Å². The van der Waals surface area contributed by atoms with Crippen LogP contribution in [0, 0.1) is 0 Å². The summed E-state index contributed by atoms with van der Waals surface area (Å²) in [5, 5.41) is 8.77. The van der Waals surface area contributed by atoms with Crippen LogP contribution in [0.15, 0.2) is 12.2 Å². The summed E-state index contributed by atoms with van der Waals surface area (Å²) >= 11 is 0. The van der Waals surface area contributed by atoms with Gasteiger partial charge in [0.2, 0.25) is 0 Å². The van der Waals surface area contributed by atoms with E-state index in [1.807, 2.05) is 13.0 Å². The van der Waals surface area contributed by atoms with Crippen molar-refractivity contribution in [1.82, 2.24) is 0 Å². The maximum atomic E-state index is 8.77. The summed E-state index contributed by atoms with van der Waals surface area (Å²) in [5.41, 5.74) is 0. The lowest BCUT2D eigenvalue weighted by atomic mass is 10.2. The zero-order valence-corrected chi connectivity index (χ0v) is 4.87. The standard InChI is InChI=1S/C6H10O2/c1-5-3-2-4-6(7)8-5/h2,4-7H,3H2,1H3/t5-,6?/m0/s1. The van der Waals surface area contributed by atoms with Crippen LogP contribution in [0.5, 0.6) is 0 Å². The lowest BCUT2D eigenvalue weighted by Gasteiger charge is -2.17.